The maximum Gasteiger partial charge on any atom is 0.306 e. The fraction of sp³-hybridized carbons (Fsp3) is 0.385. The molecule has 0 bridgehead atoms. The highest BCUT2D eigenvalue weighted by molar-refractivity contribution is 6.34. The number of carbonyl (C=O) groups is 1. The van der Waals surface area contributed by atoms with E-state index in [1.54, 1.807) is 30.3 Å². The molecule has 8 nitrogen and oxygen atoms in total. The Bertz CT molecular complexity index is 1260. The predicted octanol–water partition coefficient (Wildman–Crippen LogP) is 5.17. The normalized spacial score (nSPS) is 17.1. The Morgan fingerprint density at radius 1 is 1.03 bits per heavy atom. The van der Waals surface area contributed by atoms with E-state index in [2.05, 4.69) is 0 Å². The van der Waals surface area contributed by atoms with Crippen molar-refractivity contribution in [3.05, 3.63) is 51.6 Å². The summed E-state index contributed by atoms with van der Waals surface area (Å²) in [6.07, 6.45) is 0.918. The number of hydrogen-bond donors (Lipinski definition) is 1. The fourth-order valence-corrected chi connectivity index (χ4v) is 4.15. The van der Waals surface area contributed by atoms with Crippen LogP contribution in [0.25, 0.3) is 22.3 Å². The monoisotopic (exact) mass is 502 g/mol. The van der Waals surface area contributed by atoms with Crippen LogP contribution in [0.1, 0.15) is 26.7 Å². The van der Waals surface area contributed by atoms with E-state index < -0.39 is 5.97 Å². The maximum absolute atomic E-state index is 12.8. The van der Waals surface area contributed by atoms with Crippen molar-refractivity contribution in [3.8, 4) is 28.6 Å². The van der Waals surface area contributed by atoms with Gasteiger partial charge in [0.15, 0.2) is 22.5 Å². The summed E-state index contributed by atoms with van der Waals surface area (Å²) < 4.78 is 29.3. The summed E-state index contributed by atoms with van der Waals surface area (Å²) in [6.45, 7) is 5.06. The highest BCUT2D eigenvalue weighted by Gasteiger charge is 2.35. The van der Waals surface area contributed by atoms with Crippen LogP contribution in [0, 0.1) is 5.92 Å². The van der Waals surface area contributed by atoms with Gasteiger partial charge in [0.05, 0.1) is 47.8 Å². The van der Waals surface area contributed by atoms with E-state index in [4.69, 9.17) is 40.1 Å². The van der Waals surface area contributed by atoms with Gasteiger partial charge >= 0.3 is 5.97 Å². The lowest BCUT2D eigenvalue weighted by atomic mass is 9.82. The molecule has 3 aromatic rings. The van der Waals surface area contributed by atoms with E-state index in [9.17, 15) is 9.59 Å². The molecule has 1 N–H and O–H groups in total. The summed E-state index contributed by atoms with van der Waals surface area (Å²) in [6, 6.07) is 9.82. The van der Waals surface area contributed by atoms with E-state index in [0.29, 0.717) is 59.3 Å². The molecule has 2 aromatic carbocycles. The Kier molecular flexibility index (Phi) is 7.83. The van der Waals surface area contributed by atoms with Crippen molar-refractivity contribution < 1.29 is 33.3 Å². The maximum atomic E-state index is 12.8. The van der Waals surface area contributed by atoms with Crippen LogP contribution >= 0.6 is 11.6 Å². The molecular weight excluding hydrogens is 476 g/mol. The van der Waals surface area contributed by atoms with Crippen LogP contribution in [0.15, 0.2) is 45.6 Å². The van der Waals surface area contributed by atoms with Crippen LogP contribution in [0.3, 0.4) is 0 Å². The number of rotatable bonds is 11. The molecule has 1 fully saturated rings. The average molecular weight is 503 g/mol. The van der Waals surface area contributed by atoms with Crippen LogP contribution in [-0.4, -0.2) is 43.6 Å². The number of carboxylic acid groups (broad SMARTS) is 1. The number of benzene rings is 2. The molecule has 186 valence electrons. The van der Waals surface area contributed by atoms with Crippen molar-refractivity contribution in [1.82, 2.24) is 0 Å². The molecule has 0 aliphatic heterocycles. The third kappa shape index (κ3) is 5.55. The van der Waals surface area contributed by atoms with Gasteiger partial charge in [0.1, 0.15) is 18.1 Å². The average Bonchev–Trinajstić information content (AvgIpc) is 2.79. The number of carboxylic acids is 1. The van der Waals surface area contributed by atoms with Crippen molar-refractivity contribution in [1.29, 1.82) is 0 Å². The lowest BCUT2D eigenvalue weighted by molar-refractivity contribution is -0.151. The number of halogens is 1. The molecule has 0 amide bonds. The van der Waals surface area contributed by atoms with Gasteiger partial charge in [-0.3, -0.25) is 9.59 Å². The minimum absolute atomic E-state index is 0.0841. The van der Waals surface area contributed by atoms with Gasteiger partial charge in [-0.2, -0.15) is 0 Å². The lowest BCUT2D eigenvalue weighted by Crippen LogP contribution is -2.37. The minimum Gasteiger partial charge on any atom is -0.490 e. The van der Waals surface area contributed by atoms with E-state index >= 15 is 0 Å². The van der Waals surface area contributed by atoms with Crippen molar-refractivity contribution in [2.75, 3.05) is 26.4 Å². The first-order chi connectivity index (χ1) is 16.9. The summed E-state index contributed by atoms with van der Waals surface area (Å²) in [4.78, 5) is 23.7. The number of para-hydroxylation sites is 1. The van der Waals surface area contributed by atoms with Crippen LogP contribution in [0.5, 0.6) is 17.2 Å². The predicted molar refractivity (Wildman–Crippen MR) is 131 cm³/mol. The number of aliphatic carboxylic acids is 1. The first-order valence-electron chi connectivity index (χ1n) is 11.5. The topological polar surface area (TPSA) is 104 Å². The summed E-state index contributed by atoms with van der Waals surface area (Å²) in [5.41, 5.74) is 0.559. The highest BCUT2D eigenvalue weighted by atomic mass is 35.5. The fourth-order valence-electron chi connectivity index (χ4n) is 3.94. The van der Waals surface area contributed by atoms with Crippen LogP contribution < -0.4 is 19.6 Å². The van der Waals surface area contributed by atoms with Gasteiger partial charge in [0.2, 0.25) is 0 Å². The standard InChI is InChI=1S/C26H27ClO8/c1-3-31-23-12-18(22-13-20(28)17-6-5-7-19(27)25(17)35-22)21(14-24(23)32-4-2)34-9-8-33-16-10-15(11-16)26(29)30/h5-7,12-16H,3-4,8-11H2,1-2H3,(H,29,30). The zero-order valence-corrected chi connectivity index (χ0v) is 20.3. The van der Waals surface area contributed by atoms with Crippen LogP contribution in [0.2, 0.25) is 5.02 Å². The molecule has 1 aromatic heterocycles. The molecule has 9 heteroatoms. The molecule has 0 radical (unpaired) electrons. The Hall–Kier alpha value is -3.23. The number of hydrogen-bond acceptors (Lipinski definition) is 7. The largest absolute Gasteiger partial charge is 0.490 e. The smallest absolute Gasteiger partial charge is 0.306 e. The first kappa shape index (κ1) is 24.9. The van der Waals surface area contributed by atoms with Crippen molar-refractivity contribution >= 4 is 28.5 Å². The molecule has 1 aliphatic rings. The molecule has 1 aliphatic carbocycles. The lowest BCUT2D eigenvalue weighted by Gasteiger charge is -2.32. The summed E-state index contributed by atoms with van der Waals surface area (Å²) in [5, 5.41) is 9.71. The van der Waals surface area contributed by atoms with E-state index in [1.165, 1.54) is 6.07 Å². The third-order valence-electron chi connectivity index (χ3n) is 5.76. The molecule has 35 heavy (non-hydrogen) atoms. The second-order valence-corrected chi connectivity index (χ2v) is 8.51. The van der Waals surface area contributed by atoms with Gasteiger partial charge in [0, 0.05) is 12.1 Å². The van der Waals surface area contributed by atoms with Gasteiger partial charge in [-0.15, -0.1) is 0 Å². The van der Waals surface area contributed by atoms with Crippen LogP contribution in [-0.2, 0) is 9.53 Å². The second kappa shape index (κ2) is 11.0. The van der Waals surface area contributed by atoms with Crippen LogP contribution in [0.4, 0.5) is 0 Å². The Morgan fingerprint density at radius 3 is 2.43 bits per heavy atom. The Labute approximate surface area is 207 Å². The van der Waals surface area contributed by atoms with Gasteiger partial charge in [-0.05, 0) is 44.9 Å². The molecule has 0 saturated heterocycles. The second-order valence-electron chi connectivity index (χ2n) is 8.10. The zero-order valence-electron chi connectivity index (χ0n) is 19.5. The minimum atomic E-state index is -0.791. The van der Waals surface area contributed by atoms with Gasteiger partial charge in [-0.25, -0.2) is 0 Å². The molecule has 4 rings (SSSR count). The van der Waals surface area contributed by atoms with Crippen molar-refractivity contribution in [2.45, 2.75) is 32.8 Å². The van der Waals surface area contributed by atoms with Gasteiger partial charge < -0.3 is 28.5 Å². The molecule has 1 saturated carbocycles. The summed E-state index contributed by atoms with van der Waals surface area (Å²) in [7, 11) is 0. The van der Waals surface area contributed by atoms with Gasteiger partial charge in [-0.1, -0.05) is 17.7 Å². The van der Waals surface area contributed by atoms with Crippen molar-refractivity contribution in [3.63, 3.8) is 0 Å². The van der Waals surface area contributed by atoms with E-state index in [1.807, 2.05) is 13.8 Å². The highest BCUT2D eigenvalue weighted by Crippen LogP contribution is 2.41. The quantitative estimate of drug-likeness (QED) is 0.358. The number of fused-ring (bicyclic) bond motifs is 1. The summed E-state index contributed by atoms with van der Waals surface area (Å²) in [5.74, 6) is 0.559. The van der Waals surface area contributed by atoms with Gasteiger partial charge in [0.25, 0.3) is 0 Å². The molecule has 0 spiro atoms. The first-order valence-corrected chi connectivity index (χ1v) is 11.9. The molecule has 0 unspecified atom stereocenters. The Balaban J connectivity index is 1.63. The van der Waals surface area contributed by atoms with Crippen molar-refractivity contribution in [2.24, 2.45) is 5.92 Å². The summed E-state index contributed by atoms with van der Waals surface area (Å²) >= 11 is 6.29. The SMILES string of the molecule is CCOc1cc(OCCOC2CC(C(=O)O)C2)c(-c2cc(=O)c3cccc(Cl)c3o2)cc1OCC. The Morgan fingerprint density at radius 2 is 1.74 bits per heavy atom. The molecular formula is C26H27ClO8. The third-order valence-corrected chi connectivity index (χ3v) is 6.05. The number of ether oxygens (including phenoxy) is 4. The molecule has 0 atom stereocenters. The van der Waals surface area contributed by atoms with E-state index in [-0.39, 0.29) is 42.0 Å². The zero-order chi connectivity index (χ0) is 24.9. The van der Waals surface area contributed by atoms with E-state index in [0.717, 1.165) is 0 Å². The molecule has 1 heterocycles.